The minimum Gasteiger partial charge on any atom is -0.494 e. The summed E-state index contributed by atoms with van der Waals surface area (Å²) in [5.41, 5.74) is 0.0861. The monoisotopic (exact) mass is 460 g/mol. The molecule has 1 atom stereocenters. The Hall–Kier alpha value is -2.88. The number of nitrogens with zero attached hydrogens (tertiary/aromatic N) is 2. The number of benzene rings is 2. The molecular formula is C23H28N2O6S. The van der Waals surface area contributed by atoms with Crippen molar-refractivity contribution in [3.05, 3.63) is 65.7 Å². The van der Waals surface area contributed by atoms with Gasteiger partial charge in [0.25, 0.3) is 5.91 Å². The van der Waals surface area contributed by atoms with Crippen LogP contribution in [0, 0.1) is 0 Å². The number of rotatable bonds is 7. The van der Waals surface area contributed by atoms with E-state index in [9.17, 15) is 18.7 Å². The van der Waals surface area contributed by atoms with Crippen molar-refractivity contribution in [3.8, 4) is 5.75 Å². The fourth-order valence-electron chi connectivity index (χ4n) is 3.59. The predicted molar refractivity (Wildman–Crippen MR) is 124 cm³/mol. The summed E-state index contributed by atoms with van der Waals surface area (Å²) in [4.78, 5) is 28.7. The van der Waals surface area contributed by atoms with Gasteiger partial charge in [0.1, 0.15) is 16.7 Å². The molecule has 1 aliphatic heterocycles. The smallest absolute Gasteiger partial charge is 0.335 e. The van der Waals surface area contributed by atoms with Gasteiger partial charge in [0.15, 0.2) is 0 Å². The van der Waals surface area contributed by atoms with Crippen LogP contribution in [0.5, 0.6) is 5.75 Å². The number of amides is 1. The first kappa shape index (κ1) is 23.8. The van der Waals surface area contributed by atoms with Crippen LogP contribution >= 0.6 is 10.8 Å². The van der Waals surface area contributed by atoms with Gasteiger partial charge in [-0.05, 0) is 44.5 Å². The lowest BCUT2D eigenvalue weighted by Crippen LogP contribution is -2.43. The maximum atomic E-state index is 13.1. The molecule has 2 aromatic carbocycles. The molecule has 0 aliphatic carbocycles. The second kappa shape index (κ2) is 9.32. The van der Waals surface area contributed by atoms with Crippen molar-refractivity contribution in [1.82, 2.24) is 4.31 Å². The van der Waals surface area contributed by atoms with Crippen molar-refractivity contribution in [2.75, 3.05) is 13.2 Å². The Kier molecular flexibility index (Phi) is 6.92. The Morgan fingerprint density at radius 2 is 1.81 bits per heavy atom. The molecule has 3 rings (SSSR count). The van der Waals surface area contributed by atoms with Gasteiger partial charge in [0, 0.05) is 13.0 Å². The van der Waals surface area contributed by atoms with Crippen molar-refractivity contribution in [3.63, 3.8) is 0 Å². The molecule has 1 amide bonds. The second-order valence-electron chi connectivity index (χ2n) is 8.42. The molecule has 32 heavy (non-hydrogen) atoms. The summed E-state index contributed by atoms with van der Waals surface area (Å²) in [6.45, 7) is 5.77. The van der Waals surface area contributed by atoms with Gasteiger partial charge in [-0.15, -0.1) is 10.8 Å². The molecule has 0 spiro atoms. The average molecular weight is 461 g/mol. The molecule has 1 saturated heterocycles. The highest BCUT2D eigenvalue weighted by Crippen LogP contribution is 2.64. The van der Waals surface area contributed by atoms with Gasteiger partial charge in [-0.1, -0.05) is 36.4 Å². The number of carbonyl (C=O) groups excluding carboxylic acids is 1. The lowest BCUT2D eigenvalue weighted by atomic mass is 10.1. The number of aliphatic imine (C=N–C) groups is 1. The summed E-state index contributed by atoms with van der Waals surface area (Å²) in [6.07, 6.45) is 0.463. The topological polar surface area (TPSA) is 120 Å². The molecule has 0 bridgehead atoms. The highest BCUT2D eigenvalue weighted by Gasteiger charge is 2.54. The summed E-state index contributed by atoms with van der Waals surface area (Å²) >= 11 is 0. The Bertz CT molecular complexity index is 1020. The Labute approximate surface area is 189 Å². The fraction of sp³-hybridized carbons (Fsp3) is 0.348. The molecule has 1 aliphatic rings. The molecule has 0 radical (unpaired) electrons. The Morgan fingerprint density at radius 1 is 1.12 bits per heavy atom. The van der Waals surface area contributed by atoms with Gasteiger partial charge in [-0.25, -0.2) is 9.10 Å². The molecule has 1 fully saturated rings. The first-order chi connectivity index (χ1) is 15.0. The van der Waals surface area contributed by atoms with E-state index in [-0.39, 0.29) is 24.4 Å². The normalized spacial score (nSPS) is 20.4. The third kappa shape index (κ3) is 4.95. The van der Waals surface area contributed by atoms with E-state index in [0.717, 1.165) is 4.31 Å². The predicted octanol–water partition coefficient (Wildman–Crippen LogP) is 4.64. The molecule has 2 aromatic rings. The van der Waals surface area contributed by atoms with Crippen LogP contribution in [0.25, 0.3) is 0 Å². The summed E-state index contributed by atoms with van der Waals surface area (Å²) in [7, 11) is -3.47. The summed E-state index contributed by atoms with van der Waals surface area (Å²) in [5.74, 6) is -1.08. The first-order valence-electron chi connectivity index (χ1n) is 10.2. The van der Waals surface area contributed by atoms with Crippen LogP contribution in [0.15, 0.2) is 59.6 Å². The third-order valence-electron chi connectivity index (χ3n) is 4.88. The molecule has 1 heterocycles. The molecule has 3 N–H and O–H groups in total. The standard InChI is InChI=1S/C23H28N2O6S/c1-23(2,3)25-21(26)19(20(32(25,29)30)16-9-5-4-6-10-16)24-13-8-14-31-18-12-7-11-17(15-18)22(27)28/h4-7,9-12,15,20,29-30H,8,13-14H2,1-3H3,(H,27,28). The lowest BCUT2D eigenvalue weighted by Gasteiger charge is -2.46. The molecule has 172 valence electrons. The van der Waals surface area contributed by atoms with E-state index in [1.165, 1.54) is 12.1 Å². The van der Waals surface area contributed by atoms with E-state index in [0.29, 0.717) is 17.7 Å². The maximum absolute atomic E-state index is 13.1. The van der Waals surface area contributed by atoms with Crippen molar-refractivity contribution < 1.29 is 28.5 Å². The van der Waals surface area contributed by atoms with E-state index in [1.807, 2.05) is 6.07 Å². The summed E-state index contributed by atoms with van der Waals surface area (Å²) in [6, 6.07) is 15.1. The van der Waals surface area contributed by atoms with Gasteiger partial charge in [0.05, 0.1) is 17.7 Å². The number of hydrogen-bond donors (Lipinski definition) is 3. The largest absolute Gasteiger partial charge is 0.494 e. The molecule has 9 heteroatoms. The van der Waals surface area contributed by atoms with E-state index in [2.05, 4.69) is 4.99 Å². The van der Waals surface area contributed by atoms with Crippen molar-refractivity contribution in [1.29, 1.82) is 0 Å². The van der Waals surface area contributed by atoms with Crippen LogP contribution < -0.4 is 4.74 Å². The SMILES string of the molecule is CC(C)(C)N1C(=O)C(=NCCCOc2cccc(C(=O)O)c2)C(c2ccccc2)S1(O)O. The molecule has 0 saturated carbocycles. The Morgan fingerprint density at radius 3 is 2.44 bits per heavy atom. The van der Waals surface area contributed by atoms with E-state index >= 15 is 0 Å². The van der Waals surface area contributed by atoms with Crippen LogP contribution in [-0.2, 0) is 4.79 Å². The van der Waals surface area contributed by atoms with Gasteiger partial charge in [-0.3, -0.25) is 18.9 Å². The molecular weight excluding hydrogens is 432 g/mol. The quantitative estimate of drug-likeness (QED) is 0.518. The summed E-state index contributed by atoms with van der Waals surface area (Å²) in [5, 5.41) is 8.13. The highest BCUT2D eigenvalue weighted by molar-refractivity contribution is 8.24. The van der Waals surface area contributed by atoms with Crippen LogP contribution in [0.4, 0.5) is 0 Å². The van der Waals surface area contributed by atoms with Crippen LogP contribution in [0.3, 0.4) is 0 Å². The zero-order valence-corrected chi connectivity index (χ0v) is 19.1. The van der Waals surface area contributed by atoms with Crippen molar-refractivity contribution in [2.45, 2.75) is 38.0 Å². The molecule has 0 aromatic heterocycles. The first-order valence-corrected chi connectivity index (χ1v) is 11.8. The summed E-state index contributed by atoms with van der Waals surface area (Å²) < 4.78 is 28.9. The minimum atomic E-state index is -3.47. The average Bonchev–Trinajstić information content (AvgIpc) is 2.93. The Balaban J connectivity index is 1.76. The highest BCUT2D eigenvalue weighted by atomic mass is 32.3. The van der Waals surface area contributed by atoms with Gasteiger partial charge >= 0.3 is 5.97 Å². The zero-order valence-electron chi connectivity index (χ0n) is 18.3. The van der Waals surface area contributed by atoms with Crippen molar-refractivity contribution >= 4 is 28.4 Å². The van der Waals surface area contributed by atoms with Gasteiger partial charge in [0.2, 0.25) is 0 Å². The third-order valence-corrected chi connectivity index (χ3v) is 7.26. The molecule has 8 nitrogen and oxygen atoms in total. The van der Waals surface area contributed by atoms with E-state index < -0.39 is 33.4 Å². The van der Waals surface area contributed by atoms with Crippen molar-refractivity contribution in [2.24, 2.45) is 4.99 Å². The van der Waals surface area contributed by atoms with E-state index in [4.69, 9.17) is 9.84 Å². The number of carboxylic acid groups (broad SMARTS) is 1. The second-order valence-corrected chi connectivity index (χ2v) is 10.4. The van der Waals surface area contributed by atoms with Crippen LogP contribution in [-0.4, -0.2) is 54.8 Å². The van der Waals surface area contributed by atoms with E-state index in [1.54, 1.807) is 57.2 Å². The maximum Gasteiger partial charge on any atom is 0.335 e. The number of ether oxygens (including phenoxy) is 1. The number of carbonyl (C=O) groups is 2. The fourth-order valence-corrected chi connectivity index (χ4v) is 5.94. The van der Waals surface area contributed by atoms with Gasteiger partial charge in [-0.2, -0.15) is 0 Å². The van der Waals surface area contributed by atoms with Crippen LogP contribution in [0.2, 0.25) is 0 Å². The number of hydrogen-bond acceptors (Lipinski definition) is 6. The zero-order chi connectivity index (χ0) is 23.5. The van der Waals surface area contributed by atoms with Crippen LogP contribution in [0.1, 0.15) is 48.4 Å². The number of carboxylic acids is 1. The van der Waals surface area contributed by atoms with Gasteiger partial charge < -0.3 is 9.84 Å². The number of aromatic carboxylic acids is 1. The lowest BCUT2D eigenvalue weighted by molar-refractivity contribution is -0.122. The minimum absolute atomic E-state index is 0.124. The molecule has 1 unspecified atom stereocenters.